The first-order valence-corrected chi connectivity index (χ1v) is 7.65. The number of rotatable bonds is 6. The van der Waals surface area contributed by atoms with Crippen LogP contribution in [0.1, 0.15) is 17.0 Å². The van der Waals surface area contributed by atoms with E-state index in [1.54, 1.807) is 31.4 Å². The molecule has 128 valence electrons. The average Bonchev–Trinajstić information content (AvgIpc) is 3.11. The molecule has 3 aromatic rings. The Bertz CT molecular complexity index is 855. The van der Waals surface area contributed by atoms with Crippen molar-refractivity contribution in [2.75, 3.05) is 7.11 Å². The van der Waals surface area contributed by atoms with Gasteiger partial charge in [0.15, 0.2) is 12.4 Å². The molecule has 0 fully saturated rings. The molecule has 0 saturated heterocycles. The minimum absolute atomic E-state index is 0.0617. The molecule has 3 rings (SSSR count). The van der Waals surface area contributed by atoms with Crippen molar-refractivity contribution in [3.8, 4) is 17.2 Å². The summed E-state index contributed by atoms with van der Waals surface area (Å²) < 4.78 is 10.3. The van der Waals surface area contributed by atoms with Crippen molar-refractivity contribution in [1.29, 1.82) is 0 Å². The normalized spacial score (nSPS) is 11.4. The second kappa shape index (κ2) is 7.48. The molecular weight excluding hydrogens is 320 g/mol. The molecule has 7 nitrogen and oxygen atoms in total. The molecule has 0 spiro atoms. The molecule has 2 aromatic carbocycles. The fourth-order valence-electron chi connectivity index (χ4n) is 2.10. The van der Waals surface area contributed by atoms with Crippen LogP contribution >= 0.6 is 0 Å². The highest BCUT2D eigenvalue weighted by Crippen LogP contribution is 2.17. The van der Waals surface area contributed by atoms with Crippen molar-refractivity contribution in [2.24, 2.45) is 10.9 Å². The van der Waals surface area contributed by atoms with Crippen LogP contribution in [0.4, 0.5) is 0 Å². The summed E-state index contributed by atoms with van der Waals surface area (Å²) >= 11 is 0. The van der Waals surface area contributed by atoms with Crippen molar-refractivity contribution in [3.05, 3.63) is 65.5 Å². The zero-order chi connectivity index (χ0) is 17.6. The molecule has 0 aliphatic heterocycles. The number of amidine groups is 1. The van der Waals surface area contributed by atoms with E-state index < -0.39 is 0 Å². The van der Waals surface area contributed by atoms with E-state index in [1.807, 2.05) is 31.2 Å². The SMILES string of the molecule is COc1ccc(/C(N)=N\OCc2noc(-c3ccc(C)cc3)n2)cc1. The Morgan fingerprint density at radius 2 is 1.84 bits per heavy atom. The fourth-order valence-corrected chi connectivity index (χ4v) is 2.10. The summed E-state index contributed by atoms with van der Waals surface area (Å²) in [5.74, 6) is 1.82. The minimum atomic E-state index is 0.0617. The van der Waals surface area contributed by atoms with Crippen LogP contribution in [-0.2, 0) is 11.4 Å². The smallest absolute Gasteiger partial charge is 0.258 e. The van der Waals surface area contributed by atoms with Gasteiger partial charge in [0.2, 0.25) is 5.82 Å². The van der Waals surface area contributed by atoms with Crippen LogP contribution in [0.3, 0.4) is 0 Å². The Hall–Kier alpha value is -3.35. The highest BCUT2D eigenvalue weighted by molar-refractivity contribution is 5.97. The third-order valence-corrected chi connectivity index (χ3v) is 3.51. The number of hydrogen-bond acceptors (Lipinski definition) is 6. The minimum Gasteiger partial charge on any atom is -0.497 e. The van der Waals surface area contributed by atoms with E-state index in [-0.39, 0.29) is 12.4 Å². The third kappa shape index (κ3) is 4.14. The van der Waals surface area contributed by atoms with Crippen molar-refractivity contribution >= 4 is 5.84 Å². The molecule has 7 heteroatoms. The molecule has 1 aromatic heterocycles. The number of aromatic nitrogens is 2. The third-order valence-electron chi connectivity index (χ3n) is 3.51. The first kappa shape index (κ1) is 16.5. The quantitative estimate of drug-likeness (QED) is 0.422. The molecule has 0 amide bonds. The van der Waals surface area contributed by atoms with Gasteiger partial charge in [-0.1, -0.05) is 28.0 Å². The van der Waals surface area contributed by atoms with Gasteiger partial charge in [0.1, 0.15) is 5.75 Å². The van der Waals surface area contributed by atoms with E-state index in [0.29, 0.717) is 11.7 Å². The zero-order valence-corrected chi connectivity index (χ0v) is 14.0. The lowest BCUT2D eigenvalue weighted by atomic mass is 10.1. The molecule has 0 unspecified atom stereocenters. The number of nitrogens with zero attached hydrogens (tertiary/aromatic N) is 3. The van der Waals surface area contributed by atoms with Gasteiger partial charge in [0, 0.05) is 11.1 Å². The van der Waals surface area contributed by atoms with Gasteiger partial charge in [-0.05, 0) is 43.3 Å². The number of benzene rings is 2. The highest BCUT2D eigenvalue weighted by atomic mass is 16.6. The van der Waals surface area contributed by atoms with Gasteiger partial charge in [0.05, 0.1) is 7.11 Å². The molecule has 0 saturated carbocycles. The van der Waals surface area contributed by atoms with E-state index in [2.05, 4.69) is 15.3 Å². The Kier molecular flexibility index (Phi) is 4.94. The number of nitrogens with two attached hydrogens (primary N) is 1. The second-order valence-corrected chi connectivity index (χ2v) is 5.36. The maximum absolute atomic E-state index is 5.88. The van der Waals surface area contributed by atoms with Crippen LogP contribution in [0.15, 0.2) is 58.2 Å². The summed E-state index contributed by atoms with van der Waals surface area (Å²) in [6.07, 6.45) is 0. The number of methoxy groups -OCH3 is 1. The molecule has 0 aliphatic rings. The molecular formula is C18H18N4O3. The topological polar surface area (TPSA) is 95.8 Å². The molecule has 25 heavy (non-hydrogen) atoms. The standard InChI is InChI=1S/C18H18N4O3/c1-12-3-5-14(6-4-12)18-20-16(21-25-18)11-24-22-17(19)13-7-9-15(23-2)10-8-13/h3-10H,11H2,1-2H3,(H2,19,22). The van der Waals surface area contributed by atoms with E-state index in [0.717, 1.165) is 22.4 Å². The van der Waals surface area contributed by atoms with Crippen molar-refractivity contribution in [2.45, 2.75) is 13.5 Å². The highest BCUT2D eigenvalue weighted by Gasteiger charge is 2.09. The summed E-state index contributed by atoms with van der Waals surface area (Å²) in [5.41, 5.74) is 8.63. The van der Waals surface area contributed by atoms with Crippen LogP contribution in [0, 0.1) is 6.92 Å². The summed E-state index contributed by atoms with van der Waals surface area (Å²) in [7, 11) is 1.60. The number of hydrogen-bond donors (Lipinski definition) is 1. The molecule has 1 heterocycles. The van der Waals surface area contributed by atoms with Crippen LogP contribution in [0.2, 0.25) is 0 Å². The maximum Gasteiger partial charge on any atom is 0.258 e. The van der Waals surface area contributed by atoms with Crippen LogP contribution in [0.25, 0.3) is 11.5 Å². The van der Waals surface area contributed by atoms with E-state index in [9.17, 15) is 0 Å². The predicted molar refractivity (Wildman–Crippen MR) is 93.0 cm³/mol. The van der Waals surface area contributed by atoms with Gasteiger partial charge in [-0.25, -0.2) is 0 Å². The summed E-state index contributed by atoms with van der Waals surface area (Å²) in [6, 6.07) is 15.0. The van der Waals surface area contributed by atoms with Gasteiger partial charge < -0.3 is 19.8 Å². The van der Waals surface area contributed by atoms with E-state index >= 15 is 0 Å². The molecule has 2 N–H and O–H groups in total. The first-order chi connectivity index (χ1) is 12.2. The van der Waals surface area contributed by atoms with Crippen molar-refractivity contribution in [3.63, 3.8) is 0 Å². The molecule has 0 aliphatic carbocycles. The van der Waals surface area contributed by atoms with Gasteiger partial charge in [-0.2, -0.15) is 4.98 Å². The predicted octanol–water partition coefficient (Wildman–Crippen LogP) is 2.89. The molecule has 0 atom stereocenters. The largest absolute Gasteiger partial charge is 0.497 e. The first-order valence-electron chi connectivity index (χ1n) is 7.65. The fraction of sp³-hybridized carbons (Fsp3) is 0.167. The van der Waals surface area contributed by atoms with Crippen LogP contribution in [0.5, 0.6) is 5.75 Å². The van der Waals surface area contributed by atoms with Gasteiger partial charge in [-0.3, -0.25) is 0 Å². The molecule has 0 radical (unpaired) electrons. The number of oxime groups is 1. The van der Waals surface area contributed by atoms with Gasteiger partial charge >= 0.3 is 0 Å². The lowest BCUT2D eigenvalue weighted by molar-refractivity contribution is 0.122. The van der Waals surface area contributed by atoms with E-state index in [1.165, 1.54) is 0 Å². The summed E-state index contributed by atoms with van der Waals surface area (Å²) in [6.45, 7) is 2.08. The van der Waals surface area contributed by atoms with E-state index in [4.69, 9.17) is 19.8 Å². The lowest BCUT2D eigenvalue weighted by Gasteiger charge is -2.02. The number of aryl methyl sites for hydroxylation is 1. The molecule has 0 bridgehead atoms. The summed E-state index contributed by atoms with van der Waals surface area (Å²) in [5, 5.41) is 7.74. The lowest BCUT2D eigenvalue weighted by Crippen LogP contribution is -2.13. The van der Waals surface area contributed by atoms with Gasteiger partial charge in [-0.15, -0.1) is 0 Å². The average molecular weight is 338 g/mol. The Balaban J connectivity index is 1.60. The maximum atomic E-state index is 5.88. The van der Waals surface area contributed by atoms with Gasteiger partial charge in [0.25, 0.3) is 5.89 Å². The Labute approximate surface area is 145 Å². The van der Waals surface area contributed by atoms with Crippen LogP contribution < -0.4 is 10.5 Å². The van der Waals surface area contributed by atoms with Crippen molar-refractivity contribution in [1.82, 2.24) is 10.1 Å². The Morgan fingerprint density at radius 1 is 1.12 bits per heavy atom. The second-order valence-electron chi connectivity index (χ2n) is 5.36. The zero-order valence-electron chi connectivity index (χ0n) is 14.0. The summed E-state index contributed by atoms with van der Waals surface area (Å²) in [4.78, 5) is 9.48. The number of ether oxygens (including phenoxy) is 1. The van der Waals surface area contributed by atoms with Crippen LogP contribution in [-0.4, -0.2) is 23.1 Å². The van der Waals surface area contributed by atoms with Crippen molar-refractivity contribution < 1.29 is 14.1 Å². The Morgan fingerprint density at radius 3 is 2.52 bits per heavy atom. The monoisotopic (exact) mass is 338 g/mol.